The molecular weight excluding hydrogens is 352 g/mol. The lowest BCUT2D eigenvalue weighted by Gasteiger charge is -2.11. The number of aryl methyl sites for hydroxylation is 2. The van der Waals surface area contributed by atoms with Crippen LogP contribution in [-0.4, -0.2) is 25.5 Å². The number of carbonyl (C=O) groups is 1. The van der Waals surface area contributed by atoms with Crippen LogP contribution >= 0.6 is 0 Å². The van der Waals surface area contributed by atoms with Gasteiger partial charge in [0.2, 0.25) is 0 Å². The smallest absolute Gasteiger partial charge is 0.270 e. The van der Waals surface area contributed by atoms with Gasteiger partial charge in [0.15, 0.2) is 0 Å². The molecule has 0 radical (unpaired) electrons. The monoisotopic (exact) mass is 372 g/mol. The van der Waals surface area contributed by atoms with E-state index in [0.717, 1.165) is 28.0 Å². The molecule has 0 spiro atoms. The Kier molecular flexibility index (Phi) is 4.61. The van der Waals surface area contributed by atoms with Crippen LogP contribution in [0.2, 0.25) is 0 Å². The van der Waals surface area contributed by atoms with Gasteiger partial charge in [-0.05, 0) is 31.5 Å². The van der Waals surface area contributed by atoms with Crippen LogP contribution in [0.4, 0.5) is 0 Å². The highest BCUT2D eigenvalue weighted by Crippen LogP contribution is 2.17. The number of fused-ring (bicyclic) bond motifs is 1. The Bertz CT molecular complexity index is 1220. The highest BCUT2D eigenvalue weighted by molar-refractivity contribution is 5.84. The summed E-state index contributed by atoms with van der Waals surface area (Å²) >= 11 is 0. The SMILES string of the molecule is Cc1cc(C)n(C(=O)Cn2nc(Cc3ccccc3)c3ccccc3c2=O)n1. The summed E-state index contributed by atoms with van der Waals surface area (Å²) < 4.78 is 2.58. The highest BCUT2D eigenvalue weighted by atomic mass is 16.2. The average molecular weight is 372 g/mol. The third-order valence-electron chi connectivity index (χ3n) is 4.69. The summed E-state index contributed by atoms with van der Waals surface area (Å²) in [6.45, 7) is 3.48. The van der Waals surface area contributed by atoms with E-state index in [2.05, 4.69) is 10.2 Å². The number of carbonyl (C=O) groups excluding carboxylic acids is 1. The summed E-state index contributed by atoms with van der Waals surface area (Å²) in [5.41, 5.74) is 3.08. The predicted molar refractivity (Wildman–Crippen MR) is 108 cm³/mol. The number of aromatic nitrogens is 4. The minimum atomic E-state index is -0.291. The quantitative estimate of drug-likeness (QED) is 0.552. The van der Waals surface area contributed by atoms with E-state index in [4.69, 9.17) is 0 Å². The fourth-order valence-electron chi connectivity index (χ4n) is 3.41. The molecule has 140 valence electrons. The van der Waals surface area contributed by atoms with Gasteiger partial charge in [0.1, 0.15) is 6.54 Å². The molecule has 0 saturated heterocycles. The molecule has 2 aromatic carbocycles. The van der Waals surface area contributed by atoms with Crippen molar-refractivity contribution in [3.05, 3.63) is 93.7 Å². The number of hydrogen-bond acceptors (Lipinski definition) is 4. The van der Waals surface area contributed by atoms with Gasteiger partial charge in [-0.2, -0.15) is 10.2 Å². The summed E-state index contributed by atoms with van der Waals surface area (Å²) in [4.78, 5) is 25.6. The Morgan fingerprint density at radius 3 is 2.29 bits per heavy atom. The van der Waals surface area contributed by atoms with Crippen molar-refractivity contribution < 1.29 is 4.79 Å². The van der Waals surface area contributed by atoms with E-state index in [1.165, 1.54) is 9.36 Å². The minimum Gasteiger partial charge on any atom is -0.270 e. The van der Waals surface area contributed by atoms with Gasteiger partial charge in [-0.1, -0.05) is 48.5 Å². The van der Waals surface area contributed by atoms with Crippen LogP contribution in [0.3, 0.4) is 0 Å². The molecule has 0 bridgehead atoms. The van der Waals surface area contributed by atoms with E-state index in [0.29, 0.717) is 11.8 Å². The van der Waals surface area contributed by atoms with Crippen molar-refractivity contribution in [1.29, 1.82) is 0 Å². The number of rotatable bonds is 4. The summed E-state index contributed by atoms with van der Waals surface area (Å²) in [6, 6.07) is 19.2. The van der Waals surface area contributed by atoms with Crippen molar-refractivity contribution in [2.45, 2.75) is 26.8 Å². The average Bonchev–Trinajstić information content (AvgIpc) is 3.04. The van der Waals surface area contributed by atoms with Crippen LogP contribution in [0.5, 0.6) is 0 Å². The fraction of sp³-hybridized carbons (Fsp3) is 0.182. The molecule has 0 atom stereocenters. The number of hydrogen-bond donors (Lipinski definition) is 0. The van der Waals surface area contributed by atoms with E-state index in [9.17, 15) is 9.59 Å². The van der Waals surface area contributed by atoms with Crippen molar-refractivity contribution in [3.63, 3.8) is 0 Å². The molecule has 4 rings (SSSR count). The van der Waals surface area contributed by atoms with Gasteiger partial charge in [0.25, 0.3) is 11.5 Å². The first-order chi connectivity index (χ1) is 13.5. The van der Waals surface area contributed by atoms with Crippen LogP contribution in [-0.2, 0) is 13.0 Å². The van der Waals surface area contributed by atoms with Gasteiger partial charge in [0, 0.05) is 17.5 Å². The first-order valence-electron chi connectivity index (χ1n) is 9.12. The molecule has 0 amide bonds. The molecule has 0 fully saturated rings. The minimum absolute atomic E-state index is 0.159. The lowest BCUT2D eigenvalue weighted by atomic mass is 10.0. The van der Waals surface area contributed by atoms with Crippen molar-refractivity contribution in [2.75, 3.05) is 0 Å². The van der Waals surface area contributed by atoms with Gasteiger partial charge < -0.3 is 0 Å². The Morgan fingerprint density at radius 2 is 1.61 bits per heavy atom. The summed E-state index contributed by atoms with van der Waals surface area (Å²) in [6.07, 6.45) is 0.579. The molecule has 28 heavy (non-hydrogen) atoms. The van der Waals surface area contributed by atoms with Crippen LogP contribution in [0, 0.1) is 13.8 Å². The van der Waals surface area contributed by atoms with Gasteiger partial charge in [0.05, 0.1) is 16.8 Å². The van der Waals surface area contributed by atoms with Gasteiger partial charge in [-0.15, -0.1) is 0 Å². The van der Waals surface area contributed by atoms with Crippen LogP contribution < -0.4 is 5.56 Å². The molecule has 0 aliphatic carbocycles. The van der Waals surface area contributed by atoms with Crippen LogP contribution in [0.15, 0.2) is 65.5 Å². The lowest BCUT2D eigenvalue weighted by Crippen LogP contribution is -2.31. The van der Waals surface area contributed by atoms with E-state index in [-0.39, 0.29) is 18.0 Å². The first-order valence-corrected chi connectivity index (χ1v) is 9.12. The van der Waals surface area contributed by atoms with Crippen molar-refractivity contribution in [1.82, 2.24) is 19.6 Å². The molecule has 0 aliphatic heterocycles. The number of nitrogens with zero attached hydrogens (tertiary/aromatic N) is 4. The standard InChI is InChI=1S/C22H20N4O2/c1-15-12-16(2)26(23-15)21(27)14-25-22(28)19-11-7-6-10-18(19)20(24-25)13-17-8-4-3-5-9-17/h3-12H,13-14H2,1-2H3. The Balaban J connectivity index is 1.78. The largest absolute Gasteiger partial charge is 0.275 e. The molecule has 2 heterocycles. The topological polar surface area (TPSA) is 69.8 Å². The van der Waals surface area contributed by atoms with E-state index in [1.807, 2.05) is 68.4 Å². The van der Waals surface area contributed by atoms with Gasteiger partial charge in [-0.25, -0.2) is 9.36 Å². The summed E-state index contributed by atoms with van der Waals surface area (Å²) in [5.74, 6) is -0.291. The fourth-order valence-corrected chi connectivity index (χ4v) is 3.41. The maximum Gasteiger partial charge on any atom is 0.275 e. The zero-order valence-electron chi connectivity index (χ0n) is 15.8. The molecule has 6 nitrogen and oxygen atoms in total. The second-order valence-corrected chi connectivity index (χ2v) is 6.85. The third-order valence-corrected chi connectivity index (χ3v) is 4.69. The Labute approximate surface area is 162 Å². The zero-order chi connectivity index (χ0) is 19.7. The molecule has 6 heteroatoms. The van der Waals surface area contributed by atoms with Crippen LogP contribution in [0.25, 0.3) is 10.8 Å². The maximum atomic E-state index is 12.9. The van der Waals surface area contributed by atoms with E-state index < -0.39 is 0 Å². The predicted octanol–water partition coefficient (Wildman–Crippen LogP) is 3.14. The molecule has 0 unspecified atom stereocenters. The normalized spacial score (nSPS) is 11.1. The van der Waals surface area contributed by atoms with Gasteiger partial charge >= 0.3 is 0 Å². The summed E-state index contributed by atoms with van der Waals surface area (Å²) in [7, 11) is 0. The third kappa shape index (κ3) is 3.36. The maximum absolute atomic E-state index is 12.9. The second-order valence-electron chi connectivity index (χ2n) is 6.85. The highest BCUT2D eigenvalue weighted by Gasteiger charge is 2.16. The van der Waals surface area contributed by atoms with Gasteiger partial charge in [-0.3, -0.25) is 9.59 Å². The van der Waals surface area contributed by atoms with Crippen molar-refractivity contribution in [3.8, 4) is 0 Å². The molecule has 0 aliphatic rings. The van der Waals surface area contributed by atoms with Crippen LogP contribution in [0.1, 0.15) is 27.4 Å². The lowest BCUT2D eigenvalue weighted by molar-refractivity contribution is 0.0865. The van der Waals surface area contributed by atoms with E-state index in [1.54, 1.807) is 6.07 Å². The van der Waals surface area contributed by atoms with Crippen molar-refractivity contribution in [2.24, 2.45) is 0 Å². The Hall–Kier alpha value is -3.54. The molecule has 0 saturated carbocycles. The van der Waals surface area contributed by atoms with Crippen molar-refractivity contribution >= 4 is 16.7 Å². The second kappa shape index (κ2) is 7.23. The molecule has 0 N–H and O–H groups in total. The number of benzene rings is 2. The van der Waals surface area contributed by atoms with E-state index >= 15 is 0 Å². The zero-order valence-corrected chi connectivity index (χ0v) is 15.8. The first kappa shape index (κ1) is 17.9. The Morgan fingerprint density at radius 1 is 0.929 bits per heavy atom. The summed E-state index contributed by atoms with van der Waals surface area (Å²) in [5, 5.41) is 10.1. The molecule has 2 aromatic heterocycles. The molecular formula is C22H20N4O2. The molecule has 4 aromatic rings.